The highest BCUT2D eigenvalue weighted by molar-refractivity contribution is 8.93. The van der Waals surface area contributed by atoms with Crippen molar-refractivity contribution in [2.45, 2.75) is 77.9 Å². The molecule has 1 fully saturated rings. The van der Waals surface area contributed by atoms with Gasteiger partial charge in [0.25, 0.3) is 5.56 Å². The number of phenols is 2. The van der Waals surface area contributed by atoms with E-state index in [9.17, 15) is 54.4 Å². The van der Waals surface area contributed by atoms with E-state index < -0.39 is 52.0 Å². The average molecular weight is 1610 g/mol. The Bertz CT molecular complexity index is 5290. The number of aromatic nitrogens is 2. The number of benzene rings is 6. The molecule has 2 aliphatic rings. The number of azo groups is 1. The van der Waals surface area contributed by atoms with Crippen LogP contribution in [0.5, 0.6) is 28.7 Å². The van der Waals surface area contributed by atoms with Crippen LogP contribution in [0.25, 0.3) is 47.4 Å². The van der Waals surface area contributed by atoms with Crippen LogP contribution in [0.15, 0.2) is 173 Å². The molecule has 6 aromatic carbocycles. The lowest BCUT2D eigenvalue weighted by atomic mass is 9.78. The molecule has 0 atom stereocenters. The molecule has 28 nitrogen and oxygen atoms in total. The fourth-order valence-electron chi connectivity index (χ4n) is 11.2. The third-order valence-electron chi connectivity index (χ3n) is 17.4. The fourth-order valence-corrected chi connectivity index (χ4v) is 14.6. The Morgan fingerprint density at radius 1 is 0.556 bits per heavy atom. The zero-order valence-corrected chi connectivity index (χ0v) is 64.3. The molecule has 0 amide bonds. The van der Waals surface area contributed by atoms with Crippen LogP contribution in [0, 0.1) is 27.2 Å². The zero-order chi connectivity index (χ0) is 78.1. The molecule has 0 unspecified atom stereocenters. The number of nitrogens with one attached hydrogen (secondary N) is 1. The monoisotopic (exact) mass is 1610 g/mol. The van der Waals surface area contributed by atoms with E-state index in [0.717, 1.165) is 63.0 Å². The number of thiophene rings is 4. The third kappa shape index (κ3) is 18.1. The van der Waals surface area contributed by atoms with Gasteiger partial charge in [-0.15, -0.1) is 72.6 Å². The normalized spacial score (nSPS) is 13.3. The predicted octanol–water partition coefficient (Wildman–Crippen LogP) is 16.9. The lowest BCUT2D eigenvalue weighted by Crippen LogP contribution is -2.41. The van der Waals surface area contributed by atoms with E-state index >= 15 is 0 Å². The number of nitrogens with zero attached hydrogens (tertiary/aromatic N) is 5. The van der Waals surface area contributed by atoms with Gasteiger partial charge in [0.2, 0.25) is 5.75 Å². The number of phenolic OH excluding ortho intramolecular Hbond substituents is 2. The highest BCUT2D eigenvalue weighted by atomic mass is 79.9. The van der Waals surface area contributed by atoms with Gasteiger partial charge < -0.3 is 65.6 Å². The molecule has 5 aromatic heterocycles. The summed E-state index contributed by atoms with van der Waals surface area (Å²) >= 11 is 4.40. The second-order valence-electron chi connectivity index (χ2n) is 25.2. The first-order valence-corrected chi connectivity index (χ1v) is 35.4. The first-order valence-electron chi connectivity index (χ1n) is 32.1. The molecule has 0 saturated carbocycles. The Morgan fingerprint density at radius 3 is 1.44 bits per heavy atom. The maximum atomic E-state index is 13.2. The molecule has 108 heavy (non-hydrogen) atoms. The quantitative estimate of drug-likeness (QED) is 0.0102. The number of para-hydroxylation sites is 5. The summed E-state index contributed by atoms with van der Waals surface area (Å²) in [7, 11) is 3.60. The molecule has 0 spiro atoms. The zero-order valence-electron chi connectivity index (χ0n) is 59.3. The maximum absolute atomic E-state index is 13.2. The largest absolute Gasteiger partial charge is 0.505 e. The Morgan fingerprint density at radius 2 is 0.972 bits per heavy atom. The summed E-state index contributed by atoms with van der Waals surface area (Å²) in [6, 6.07) is 43.3. The molecular weight excluding hydrogens is 1540 g/mol. The number of aryl methyl sites for hydroxylation is 2. The standard InChI is InChI=1S/C26H24N4O4S.C13H18BNO5.C12H9NO5S.C12H11NO3S.C11H9NO3S.BrH/c1-14-22(24(32)30(29-14)16-8-7-15-11-12-26(2,3)18(15)13-16)28-27-19-6-4-5-17(23(19)31)20-9-10-21(35-20)25(33)34;1-12(2)13(3,4)20-14(19-12)9-7-6-8-10(15(16)17)11(9)18-5;1-18-11-7(3-2-4-8(11)13(16)17)9-5-6-10(19-9)12(14)15;1-16-11-7(3-2-4-8(11)13)9-5-6-10(17-9)12(14)15;12-7-3-1-2-6(10(7)13)8-4-5-9(16-8)11(14)15;/h4-10,13,29,31H,11-12H2,1-3H3,(H,33,34);6-8H,1-5H3;2-6H,1H3,(H,14,15);2-6H,13H2,1H3,(H,14,15);1-5,13H,12H2,(H,14,15);1H. The van der Waals surface area contributed by atoms with Crippen LogP contribution in [0.4, 0.5) is 34.1 Å². The number of carbonyl (C=O) groups is 4. The van der Waals surface area contributed by atoms with Gasteiger partial charge in [0.05, 0.1) is 65.1 Å². The third-order valence-corrected chi connectivity index (χ3v) is 21.8. The van der Waals surface area contributed by atoms with Gasteiger partial charge in [0.1, 0.15) is 36.7 Å². The van der Waals surface area contributed by atoms with E-state index in [4.69, 9.17) is 55.4 Å². The highest BCUT2D eigenvalue weighted by Crippen LogP contribution is 2.45. The predicted molar refractivity (Wildman–Crippen MR) is 421 cm³/mol. The molecule has 13 rings (SSSR count). The van der Waals surface area contributed by atoms with E-state index in [-0.39, 0.29) is 94.0 Å². The van der Waals surface area contributed by atoms with Gasteiger partial charge in [0.15, 0.2) is 17.2 Å². The number of aromatic hydroxyl groups is 2. The SMILES string of the molecule is Br.COc1c(-c2ccc(C(=O)O)s2)cccc1[N+](=O)[O-].COc1c(B2OC(C)(C)C(C)(C)O2)cccc1[N+](=O)[O-].COc1c(N)cccc1-c1ccc(C(=O)O)s1.Cc1[nH]n(-c2ccc3c(c2)C(C)(C)CC3)c(=O)c1N=Nc1cccc(-c2ccc(C(=O)O)s2)c1O.Nc1cccc(-c2ccc(C(=O)O)s2)c1O. The van der Waals surface area contributed by atoms with Crippen molar-refractivity contribution in [2.75, 3.05) is 32.8 Å². The maximum Gasteiger partial charge on any atom is 0.498 e. The van der Waals surface area contributed by atoms with Gasteiger partial charge in [0, 0.05) is 59.4 Å². The van der Waals surface area contributed by atoms with Gasteiger partial charge in [-0.05, 0) is 167 Å². The first-order chi connectivity index (χ1) is 50.6. The molecule has 6 heterocycles. The van der Waals surface area contributed by atoms with Crippen molar-refractivity contribution in [1.82, 2.24) is 9.78 Å². The number of rotatable bonds is 17. The molecule has 0 radical (unpaired) electrons. The number of hydrogen-bond donors (Lipinski definition) is 9. The van der Waals surface area contributed by atoms with E-state index in [1.165, 1.54) is 77.8 Å². The van der Waals surface area contributed by atoms with E-state index in [2.05, 4.69) is 41.3 Å². The van der Waals surface area contributed by atoms with Crippen LogP contribution < -0.4 is 36.7 Å². The van der Waals surface area contributed by atoms with Crippen LogP contribution in [-0.4, -0.2) is 114 Å². The van der Waals surface area contributed by atoms with Crippen LogP contribution in [-0.2, 0) is 21.1 Å². The number of halogens is 1. The number of nitrogen functional groups attached to an aromatic ring is 2. The van der Waals surface area contributed by atoms with Gasteiger partial charge in [-0.3, -0.25) is 30.1 Å². The number of H-pyrrole nitrogens is 1. The summed E-state index contributed by atoms with van der Waals surface area (Å²) in [4.78, 5) is 81.3. The van der Waals surface area contributed by atoms with E-state index in [1.807, 2.05) is 45.9 Å². The Hall–Kier alpha value is -11.5. The fraction of sp³-hybridized carbons (Fsp3) is 0.203. The number of aromatic carboxylic acids is 4. The van der Waals surface area contributed by atoms with Gasteiger partial charge in [-0.2, -0.15) is 0 Å². The summed E-state index contributed by atoms with van der Waals surface area (Å²) in [5.74, 6) is -3.22. The smallest absolute Gasteiger partial charge is 0.498 e. The molecule has 1 saturated heterocycles. The molecule has 0 bridgehead atoms. The summed E-state index contributed by atoms with van der Waals surface area (Å²) in [6.07, 6.45) is 2.11. The van der Waals surface area contributed by atoms with Crippen LogP contribution in [0.2, 0.25) is 0 Å². The number of nitro groups is 2. The van der Waals surface area contributed by atoms with Crippen molar-refractivity contribution < 1.29 is 83.2 Å². The minimum atomic E-state index is -1.03. The van der Waals surface area contributed by atoms with Crippen LogP contribution in [0.1, 0.15) is 103 Å². The molecule has 1 aliphatic carbocycles. The number of fused-ring (bicyclic) bond motifs is 1. The summed E-state index contributed by atoms with van der Waals surface area (Å²) in [5, 5.41) is 89.5. The lowest BCUT2D eigenvalue weighted by molar-refractivity contribution is -0.385. The Balaban J connectivity index is 0.000000176. The molecule has 562 valence electrons. The topological polar surface area (TPSA) is 437 Å². The Labute approximate surface area is 643 Å². The number of carboxylic acids is 4. The van der Waals surface area contributed by atoms with Gasteiger partial charge in [-0.1, -0.05) is 56.3 Å². The van der Waals surface area contributed by atoms with Crippen molar-refractivity contribution in [3.63, 3.8) is 0 Å². The van der Waals surface area contributed by atoms with Crippen molar-refractivity contribution in [1.29, 1.82) is 0 Å². The Kier molecular flexibility index (Phi) is 26.1. The lowest BCUT2D eigenvalue weighted by Gasteiger charge is -2.32. The number of ether oxygens (including phenoxy) is 3. The molecule has 11 aromatic rings. The highest BCUT2D eigenvalue weighted by Gasteiger charge is 2.53. The molecular formula is C74H72BBrN8O20S4. The summed E-state index contributed by atoms with van der Waals surface area (Å²) < 4.78 is 28.8. The molecule has 1 aliphatic heterocycles. The number of methoxy groups -OCH3 is 3. The van der Waals surface area contributed by atoms with Crippen molar-refractivity contribution in [3.8, 4) is 76.2 Å². The second-order valence-corrected chi connectivity index (χ2v) is 29.6. The number of carboxylic acid groups (broad SMARTS) is 4. The van der Waals surface area contributed by atoms with Crippen LogP contribution in [0.3, 0.4) is 0 Å². The first kappa shape index (κ1) is 82.1. The second kappa shape index (κ2) is 34.4. The van der Waals surface area contributed by atoms with Crippen molar-refractivity contribution in [3.05, 3.63) is 225 Å². The minimum Gasteiger partial charge on any atom is -0.505 e. The van der Waals surface area contributed by atoms with Crippen molar-refractivity contribution in [2.24, 2.45) is 10.2 Å². The number of anilines is 2. The van der Waals surface area contributed by atoms with Gasteiger partial charge >= 0.3 is 42.4 Å². The molecule has 34 heteroatoms. The summed E-state index contributed by atoms with van der Waals surface area (Å²) in [5.41, 5.74) is 17.7. The van der Waals surface area contributed by atoms with Gasteiger partial charge in [-0.25, -0.2) is 23.9 Å². The molecule has 11 N–H and O–H groups in total. The van der Waals surface area contributed by atoms with E-state index in [0.29, 0.717) is 58.8 Å². The number of aromatic amines is 1. The minimum absolute atomic E-state index is 0. The van der Waals surface area contributed by atoms with Crippen molar-refractivity contribution >= 4 is 133 Å². The summed E-state index contributed by atoms with van der Waals surface area (Å²) in [6.45, 7) is 13.9. The van der Waals surface area contributed by atoms with Crippen LogP contribution >= 0.6 is 62.3 Å². The number of hydrogen-bond acceptors (Lipinski definition) is 24. The average Bonchev–Trinajstić information content (AvgIpc) is 1.62. The number of nitrogens with two attached hydrogens (primary N) is 2. The number of nitro benzene ring substituents is 2. The van der Waals surface area contributed by atoms with E-state index in [1.54, 1.807) is 105 Å².